The molecule has 1 unspecified atom stereocenters. The Morgan fingerprint density at radius 3 is 2.45 bits per heavy atom. The van der Waals surface area contributed by atoms with E-state index in [2.05, 4.69) is 4.98 Å². The molecule has 1 aliphatic rings. The highest BCUT2D eigenvalue weighted by atomic mass is 16.5. The third kappa shape index (κ3) is 3.27. The summed E-state index contributed by atoms with van der Waals surface area (Å²) in [7, 11) is 4.79. The lowest BCUT2D eigenvalue weighted by atomic mass is 9.94. The van der Waals surface area contributed by atoms with Crippen LogP contribution in [-0.2, 0) is 0 Å². The summed E-state index contributed by atoms with van der Waals surface area (Å²) in [4.78, 5) is 19.6. The van der Waals surface area contributed by atoms with Crippen LogP contribution < -0.4 is 19.1 Å². The summed E-state index contributed by atoms with van der Waals surface area (Å²) in [6, 6.07) is 17.0. The number of nitrogens with zero attached hydrogens (tertiary/aromatic N) is 2. The molecule has 6 nitrogen and oxygen atoms in total. The summed E-state index contributed by atoms with van der Waals surface area (Å²) in [6.45, 7) is 0.485. The van der Waals surface area contributed by atoms with Crippen LogP contribution in [-0.4, -0.2) is 38.8 Å². The molecular formula is C23H22N2O4. The summed E-state index contributed by atoms with van der Waals surface area (Å²) in [5.74, 6) is 2.39. The summed E-state index contributed by atoms with van der Waals surface area (Å²) >= 11 is 0. The van der Waals surface area contributed by atoms with E-state index in [0.29, 0.717) is 35.2 Å². The smallest absolute Gasteiger partial charge is 0.263 e. The topological polar surface area (TPSA) is 60.9 Å². The van der Waals surface area contributed by atoms with Crippen molar-refractivity contribution in [2.24, 2.45) is 0 Å². The lowest BCUT2D eigenvalue weighted by Gasteiger charge is -2.19. The zero-order valence-corrected chi connectivity index (χ0v) is 16.6. The van der Waals surface area contributed by atoms with Gasteiger partial charge in [-0.3, -0.25) is 9.69 Å². The molecule has 0 saturated heterocycles. The number of amides is 1. The second-order valence-corrected chi connectivity index (χ2v) is 6.70. The Hall–Kier alpha value is -3.54. The average molecular weight is 390 g/mol. The van der Waals surface area contributed by atoms with Crippen molar-refractivity contribution in [3.63, 3.8) is 0 Å². The first-order valence-electron chi connectivity index (χ1n) is 9.29. The molecular weight excluding hydrogens is 368 g/mol. The van der Waals surface area contributed by atoms with E-state index in [1.807, 2.05) is 42.5 Å². The van der Waals surface area contributed by atoms with E-state index < -0.39 is 0 Å². The van der Waals surface area contributed by atoms with Crippen molar-refractivity contribution in [3.8, 4) is 17.2 Å². The number of fused-ring (bicyclic) bond motifs is 1. The average Bonchev–Trinajstić information content (AvgIpc) is 3.17. The molecule has 0 bridgehead atoms. The van der Waals surface area contributed by atoms with Crippen LogP contribution in [0.4, 0.5) is 5.82 Å². The second-order valence-electron chi connectivity index (χ2n) is 6.70. The zero-order valence-electron chi connectivity index (χ0n) is 16.6. The number of benzene rings is 2. The Balaban J connectivity index is 1.74. The lowest BCUT2D eigenvalue weighted by molar-refractivity contribution is 0.0985. The molecule has 0 radical (unpaired) electrons. The molecule has 4 rings (SSSR count). The van der Waals surface area contributed by atoms with E-state index in [0.717, 1.165) is 11.1 Å². The zero-order chi connectivity index (χ0) is 20.4. The summed E-state index contributed by atoms with van der Waals surface area (Å²) in [5, 5.41) is 0. The number of ether oxygens (including phenoxy) is 3. The number of anilines is 1. The van der Waals surface area contributed by atoms with Crippen LogP contribution in [0, 0.1) is 0 Å². The van der Waals surface area contributed by atoms with Gasteiger partial charge in [0.15, 0.2) is 11.5 Å². The molecule has 2 aromatic carbocycles. The Bertz CT molecular complexity index is 1050. The molecule has 1 atom stereocenters. The van der Waals surface area contributed by atoms with Crippen LogP contribution in [0.3, 0.4) is 0 Å². The highest BCUT2D eigenvalue weighted by Crippen LogP contribution is 2.42. The highest BCUT2D eigenvalue weighted by molar-refractivity contribution is 6.08. The van der Waals surface area contributed by atoms with Crippen molar-refractivity contribution in [2.75, 3.05) is 32.8 Å². The maximum absolute atomic E-state index is 13.4. The minimum absolute atomic E-state index is 0.0165. The van der Waals surface area contributed by atoms with Gasteiger partial charge in [-0.25, -0.2) is 4.98 Å². The number of carbonyl (C=O) groups is 1. The van der Waals surface area contributed by atoms with Gasteiger partial charge in [0.25, 0.3) is 5.91 Å². The molecule has 0 saturated carbocycles. The maximum atomic E-state index is 13.4. The Morgan fingerprint density at radius 2 is 1.69 bits per heavy atom. The third-order valence-electron chi connectivity index (χ3n) is 5.21. The molecule has 148 valence electrons. The normalized spacial score (nSPS) is 15.0. The first kappa shape index (κ1) is 18.8. The van der Waals surface area contributed by atoms with Gasteiger partial charge in [-0.2, -0.15) is 0 Å². The number of hydrogen-bond acceptors (Lipinski definition) is 5. The highest BCUT2D eigenvalue weighted by Gasteiger charge is 2.36. The van der Waals surface area contributed by atoms with E-state index in [1.54, 1.807) is 44.6 Å². The van der Waals surface area contributed by atoms with Crippen molar-refractivity contribution < 1.29 is 19.0 Å². The summed E-state index contributed by atoms with van der Waals surface area (Å²) < 4.78 is 16.2. The number of hydrogen-bond donors (Lipinski definition) is 0. The van der Waals surface area contributed by atoms with Crippen molar-refractivity contribution >= 4 is 11.7 Å². The van der Waals surface area contributed by atoms with Gasteiger partial charge in [-0.15, -0.1) is 0 Å². The molecule has 0 fully saturated rings. The van der Waals surface area contributed by atoms with Gasteiger partial charge in [-0.05, 0) is 35.9 Å². The van der Waals surface area contributed by atoms with Crippen molar-refractivity contribution in [2.45, 2.75) is 5.92 Å². The van der Waals surface area contributed by atoms with E-state index in [4.69, 9.17) is 14.2 Å². The fourth-order valence-electron chi connectivity index (χ4n) is 3.77. The second kappa shape index (κ2) is 7.83. The van der Waals surface area contributed by atoms with Gasteiger partial charge in [0.1, 0.15) is 11.6 Å². The molecule has 1 amide bonds. The monoisotopic (exact) mass is 390 g/mol. The van der Waals surface area contributed by atoms with Crippen LogP contribution in [0.25, 0.3) is 0 Å². The summed E-state index contributed by atoms with van der Waals surface area (Å²) in [6.07, 6.45) is 1.71. The van der Waals surface area contributed by atoms with Crippen molar-refractivity contribution in [1.82, 2.24) is 4.98 Å². The van der Waals surface area contributed by atoms with E-state index in [9.17, 15) is 4.79 Å². The first-order valence-corrected chi connectivity index (χ1v) is 9.29. The van der Waals surface area contributed by atoms with E-state index in [-0.39, 0.29) is 11.8 Å². The van der Waals surface area contributed by atoms with Crippen LogP contribution >= 0.6 is 0 Å². The van der Waals surface area contributed by atoms with Gasteiger partial charge >= 0.3 is 0 Å². The minimum atomic E-state index is -0.134. The molecule has 3 aromatic rings. The molecule has 1 aliphatic heterocycles. The molecule has 6 heteroatoms. The third-order valence-corrected chi connectivity index (χ3v) is 5.21. The van der Waals surface area contributed by atoms with Crippen LogP contribution in [0.1, 0.15) is 27.4 Å². The predicted octanol–water partition coefficient (Wildman–Crippen LogP) is 3.90. The van der Waals surface area contributed by atoms with Gasteiger partial charge < -0.3 is 14.2 Å². The number of para-hydroxylation sites is 1. The minimum Gasteiger partial charge on any atom is -0.496 e. The van der Waals surface area contributed by atoms with Crippen molar-refractivity contribution in [3.05, 3.63) is 77.5 Å². The quantitative estimate of drug-likeness (QED) is 0.661. The van der Waals surface area contributed by atoms with Gasteiger partial charge in [0.05, 0.1) is 26.9 Å². The Kier molecular flexibility index (Phi) is 5.08. The number of carbonyl (C=O) groups excluding carboxylic acids is 1. The Morgan fingerprint density at radius 1 is 0.931 bits per heavy atom. The van der Waals surface area contributed by atoms with E-state index in [1.165, 1.54) is 0 Å². The Labute approximate surface area is 169 Å². The van der Waals surface area contributed by atoms with Crippen molar-refractivity contribution in [1.29, 1.82) is 0 Å². The SMILES string of the molecule is COc1ccc(C2CN(C(=O)c3ccccc3OC)c3ncccc32)cc1OC. The molecule has 2 heterocycles. The van der Waals surface area contributed by atoms with Crippen LogP contribution in [0.15, 0.2) is 60.8 Å². The number of aromatic nitrogens is 1. The molecule has 0 spiro atoms. The molecule has 0 N–H and O–H groups in total. The fourth-order valence-corrected chi connectivity index (χ4v) is 3.77. The first-order chi connectivity index (χ1) is 14.2. The number of methoxy groups -OCH3 is 3. The van der Waals surface area contributed by atoms with Crippen LogP contribution in [0.2, 0.25) is 0 Å². The largest absolute Gasteiger partial charge is 0.496 e. The maximum Gasteiger partial charge on any atom is 0.263 e. The van der Waals surface area contributed by atoms with Gasteiger partial charge in [0, 0.05) is 24.2 Å². The fraction of sp³-hybridized carbons (Fsp3) is 0.217. The predicted molar refractivity (Wildman–Crippen MR) is 110 cm³/mol. The standard InChI is InChI=1S/C23H22N2O4/c1-27-19-9-5-4-7-17(19)23(26)25-14-18(16-8-6-12-24-22(16)25)15-10-11-20(28-2)21(13-15)29-3/h4-13,18H,14H2,1-3H3. The lowest BCUT2D eigenvalue weighted by Crippen LogP contribution is -2.30. The summed E-state index contributed by atoms with van der Waals surface area (Å²) in [5.41, 5.74) is 2.55. The number of rotatable bonds is 5. The van der Waals surface area contributed by atoms with E-state index >= 15 is 0 Å². The number of pyridine rings is 1. The molecule has 0 aliphatic carbocycles. The van der Waals surface area contributed by atoms with Crippen LogP contribution in [0.5, 0.6) is 17.2 Å². The van der Waals surface area contributed by atoms with Gasteiger partial charge in [-0.1, -0.05) is 24.3 Å². The molecule has 1 aromatic heterocycles. The molecule has 29 heavy (non-hydrogen) atoms. The van der Waals surface area contributed by atoms with Gasteiger partial charge in [0.2, 0.25) is 0 Å².